The van der Waals surface area contributed by atoms with Gasteiger partial charge in [0.15, 0.2) is 0 Å². The van der Waals surface area contributed by atoms with E-state index < -0.39 is 0 Å². The van der Waals surface area contributed by atoms with Gasteiger partial charge in [-0.05, 0) is 75.6 Å². The Morgan fingerprint density at radius 1 is 0.931 bits per heavy atom. The molecule has 0 spiro atoms. The van der Waals surface area contributed by atoms with Gasteiger partial charge in [-0.25, -0.2) is 0 Å². The molecule has 0 aliphatic heterocycles. The van der Waals surface area contributed by atoms with Crippen LogP contribution in [0, 0.1) is 13.8 Å². The van der Waals surface area contributed by atoms with E-state index in [1.54, 1.807) is 0 Å². The quantitative estimate of drug-likeness (QED) is 0.452. The normalized spacial score (nSPS) is 11.8. The molecule has 2 rings (SSSR count). The van der Waals surface area contributed by atoms with E-state index >= 15 is 0 Å². The number of aliphatic imine (C=N–C) groups is 1. The molecule has 0 amide bonds. The number of hydrogen-bond acceptors (Lipinski definition) is 2. The van der Waals surface area contributed by atoms with Crippen LogP contribution in [-0.4, -0.2) is 11.8 Å². The van der Waals surface area contributed by atoms with Crippen molar-refractivity contribution in [2.24, 2.45) is 4.99 Å². The van der Waals surface area contributed by atoms with Gasteiger partial charge in [-0.15, -0.1) is 0 Å². The lowest BCUT2D eigenvalue weighted by Crippen LogP contribution is -2.15. The van der Waals surface area contributed by atoms with Crippen LogP contribution in [0.3, 0.4) is 0 Å². The van der Waals surface area contributed by atoms with Gasteiger partial charge in [-0.2, -0.15) is 13.5 Å². The highest BCUT2D eigenvalue weighted by Crippen LogP contribution is 2.25. The van der Waals surface area contributed by atoms with Crippen molar-refractivity contribution in [2.75, 3.05) is 5.32 Å². The molecule has 29 heavy (non-hydrogen) atoms. The molecule has 0 aliphatic rings. The first-order valence-electron chi connectivity index (χ1n) is 10.8. The Balaban J connectivity index is 0. The van der Waals surface area contributed by atoms with Crippen molar-refractivity contribution < 1.29 is 1.43 Å². The van der Waals surface area contributed by atoms with Crippen molar-refractivity contribution >= 4 is 30.6 Å². The van der Waals surface area contributed by atoms with E-state index in [9.17, 15) is 0 Å². The van der Waals surface area contributed by atoms with Crippen molar-refractivity contribution in [3.63, 3.8) is 0 Å². The van der Waals surface area contributed by atoms with Crippen molar-refractivity contribution in [1.29, 1.82) is 0 Å². The fourth-order valence-corrected chi connectivity index (χ4v) is 3.01. The largest absolute Gasteiger partial charge is 0.382 e. The summed E-state index contributed by atoms with van der Waals surface area (Å²) in [6.07, 6.45) is 4.34. The molecule has 0 radical (unpaired) electrons. The summed E-state index contributed by atoms with van der Waals surface area (Å²) in [5.74, 6) is 0. The summed E-state index contributed by atoms with van der Waals surface area (Å²) in [6, 6.07) is 13.5. The minimum Gasteiger partial charge on any atom is -0.382 e. The smallest absolute Gasteiger partial charge is 0.0689 e. The van der Waals surface area contributed by atoms with E-state index in [0.717, 1.165) is 25.7 Å². The molecule has 0 heterocycles. The third-order valence-electron chi connectivity index (χ3n) is 5.26. The number of hydrogen-bond donors (Lipinski definition) is 1. The Labute approximate surface area is 188 Å². The van der Waals surface area contributed by atoms with Crippen LogP contribution in [0.4, 0.5) is 11.4 Å². The maximum Gasteiger partial charge on any atom is 0.0689 e. The predicted molar refractivity (Wildman–Crippen MR) is 140 cm³/mol. The molecule has 0 bridgehead atoms. The van der Waals surface area contributed by atoms with Crippen LogP contribution in [0.5, 0.6) is 0 Å². The Bertz CT molecular complexity index is 772. The zero-order valence-electron chi connectivity index (χ0n) is 19.8. The van der Waals surface area contributed by atoms with Gasteiger partial charge < -0.3 is 5.32 Å². The molecule has 2 nitrogen and oxygen atoms in total. The van der Waals surface area contributed by atoms with E-state index in [0.29, 0.717) is 6.04 Å². The van der Waals surface area contributed by atoms with Crippen LogP contribution >= 0.6 is 13.5 Å². The fraction of sp³-hybridized carbons (Fsp3) is 0.500. The van der Waals surface area contributed by atoms with Gasteiger partial charge in [0.25, 0.3) is 0 Å². The second-order valence-corrected chi connectivity index (χ2v) is 7.55. The van der Waals surface area contributed by atoms with E-state index in [4.69, 9.17) is 0 Å². The minimum atomic E-state index is 0. The van der Waals surface area contributed by atoms with Gasteiger partial charge in [-0.3, -0.25) is 4.99 Å². The molecule has 0 saturated heterocycles. The molecular weight excluding hydrogens is 372 g/mol. The van der Waals surface area contributed by atoms with Crippen molar-refractivity contribution in [3.8, 4) is 0 Å². The molecular formula is C26H44N2S. The SMILES string of the molecule is CCC(C)=Nc1c(C)cccc1CC.CCc1cccc(C)c1NC(C)CC.S.[HH]. The molecule has 2 aromatic carbocycles. The molecule has 0 aliphatic carbocycles. The number of nitrogens with zero attached hydrogens (tertiary/aromatic N) is 1. The van der Waals surface area contributed by atoms with E-state index in [2.05, 4.69) is 102 Å². The summed E-state index contributed by atoms with van der Waals surface area (Å²) in [5.41, 5.74) is 9.11. The molecule has 1 atom stereocenters. The van der Waals surface area contributed by atoms with E-state index in [-0.39, 0.29) is 14.9 Å². The van der Waals surface area contributed by atoms with Crippen LogP contribution in [0.25, 0.3) is 0 Å². The molecule has 1 unspecified atom stereocenters. The van der Waals surface area contributed by atoms with Crippen LogP contribution in [0.15, 0.2) is 41.4 Å². The van der Waals surface area contributed by atoms with Gasteiger partial charge >= 0.3 is 0 Å². The van der Waals surface area contributed by atoms with Crippen molar-refractivity contribution in [1.82, 2.24) is 0 Å². The number of para-hydroxylation sites is 2. The molecule has 0 saturated carbocycles. The Morgan fingerprint density at radius 2 is 1.48 bits per heavy atom. The first-order chi connectivity index (χ1) is 13.4. The van der Waals surface area contributed by atoms with E-state index in [1.165, 1.54) is 39.3 Å². The Morgan fingerprint density at radius 3 is 2.00 bits per heavy atom. The number of anilines is 1. The zero-order valence-corrected chi connectivity index (χ0v) is 20.8. The highest BCUT2D eigenvalue weighted by molar-refractivity contribution is 7.59. The summed E-state index contributed by atoms with van der Waals surface area (Å²) in [4.78, 5) is 4.66. The number of benzene rings is 2. The van der Waals surface area contributed by atoms with Gasteiger partial charge in [-0.1, -0.05) is 64.1 Å². The average Bonchev–Trinajstić information content (AvgIpc) is 2.71. The average molecular weight is 417 g/mol. The van der Waals surface area contributed by atoms with Crippen LogP contribution in [0.1, 0.15) is 78.1 Å². The second kappa shape index (κ2) is 14.3. The standard InChI is InChI=1S/C13H21N.C13H19N.H2S.H2/c2*1-5-11(4)14-13-10(3)8-7-9-12(13)6-2;;/h7-9,11,14H,5-6H2,1-4H3;7-9H,5-6H2,1-4H3;1H2;1H. The lowest BCUT2D eigenvalue weighted by molar-refractivity contribution is 0.761. The molecule has 3 heteroatoms. The summed E-state index contributed by atoms with van der Waals surface area (Å²) >= 11 is 0. The highest BCUT2D eigenvalue weighted by Gasteiger charge is 2.06. The third kappa shape index (κ3) is 8.65. The van der Waals surface area contributed by atoms with Crippen LogP contribution in [-0.2, 0) is 12.8 Å². The zero-order chi connectivity index (χ0) is 21.1. The Hall–Kier alpha value is -1.74. The molecule has 164 valence electrons. The molecule has 0 aromatic heterocycles. The number of rotatable bonds is 7. The lowest BCUT2D eigenvalue weighted by Gasteiger charge is -2.18. The summed E-state index contributed by atoms with van der Waals surface area (Å²) in [6.45, 7) is 17.3. The van der Waals surface area contributed by atoms with Crippen molar-refractivity contribution in [3.05, 3.63) is 58.7 Å². The first-order valence-corrected chi connectivity index (χ1v) is 10.8. The van der Waals surface area contributed by atoms with Gasteiger partial charge in [0.05, 0.1) is 5.69 Å². The minimum absolute atomic E-state index is 0. The summed E-state index contributed by atoms with van der Waals surface area (Å²) < 4.78 is 0. The molecule has 2 aromatic rings. The number of nitrogens with one attached hydrogen (secondary N) is 1. The van der Waals surface area contributed by atoms with Crippen LogP contribution < -0.4 is 5.32 Å². The summed E-state index contributed by atoms with van der Waals surface area (Å²) in [5, 5.41) is 3.58. The molecule has 1 N–H and O–H groups in total. The van der Waals surface area contributed by atoms with E-state index in [1.807, 2.05) is 0 Å². The van der Waals surface area contributed by atoms with Gasteiger partial charge in [0.2, 0.25) is 0 Å². The summed E-state index contributed by atoms with van der Waals surface area (Å²) in [7, 11) is 0. The molecule has 0 fully saturated rings. The third-order valence-corrected chi connectivity index (χ3v) is 5.26. The van der Waals surface area contributed by atoms with Gasteiger partial charge in [0, 0.05) is 18.9 Å². The lowest BCUT2D eigenvalue weighted by atomic mass is 10.0. The van der Waals surface area contributed by atoms with Gasteiger partial charge in [0.1, 0.15) is 0 Å². The topological polar surface area (TPSA) is 24.4 Å². The van der Waals surface area contributed by atoms with Crippen LogP contribution in [0.2, 0.25) is 0 Å². The highest BCUT2D eigenvalue weighted by atomic mass is 32.1. The maximum atomic E-state index is 4.66. The monoisotopic (exact) mass is 416 g/mol. The fourth-order valence-electron chi connectivity index (χ4n) is 3.01. The maximum absolute atomic E-state index is 4.66. The van der Waals surface area contributed by atoms with Crippen molar-refractivity contribution in [2.45, 2.75) is 87.1 Å². The predicted octanol–water partition coefficient (Wildman–Crippen LogP) is 8.19. The Kier molecular flexibility index (Phi) is 13.4. The number of aryl methyl sites for hydroxylation is 4. The second-order valence-electron chi connectivity index (χ2n) is 7.55. The first kappa shape index (κ1) is 27.3.